The van der Waals surface area contributed by atoms with Gasteiger partial charge in [-0.25, -0.2) is 0 Å². The Kier molecular flexibility index (Phi) is 5.80. The van der Waals surface area contributed by atoms with Gasteiger partial charge in [0.25, 0.3) is 5.91 Å². The third kappa shape index (κ3) is 4.48. The lowest BCUT2D eigenvalue weighted by Gasteiger charge is -2.20. The topological polar surface area (TPSA) is 76.8 Å². The third-order valence-corrected chi connectivity index (χ3v) is 5.22. The maximum absolute atomic E-state index is 12.8. The first-order valence-corrected chi connectivity index (χ1v) is 10.0. The van der Waals surface area contributed by atoms with Crippen LogP contribution in [0.2, 0.25) is 0 Å². The summed E-state index contributed by atoms with van der Waals surface area (Å²) in [5.41, 5.74) is 3.36. The summed E-state index contributed by atoms with van der Waals surface area (Å²) in [6.45, 7) is 2.00. The molecular formula is C25H23N3O3. The maximum atomic E-state index is 12.8. The molecule has 6 heteroatoms. The number of methoxy groups -OCH3 is 1. The first-order chi connectivity index (χ1) is 15.0. The zero-order valence-electron chi connectivity index (χ0n) is 17.4. The summed E-state index contributed by atoms with van der Waals surface area (Å²) in [7, 11) is 1.61. The van der Waals surface area contributed by atoms with Crippen molar-refractivity contribution >= 4 is 18.0 Å². The highest BCUT2D eigenvalue weighted by Gasteiger charge is 2.41. The molecule has 3 aromatic rings. The fourth-order valence-corrected chi connectivity index (χ4v) is 3.54. The van der Waals surface area contributed by atoms with Crippen molar-refractivity contribution in [2.45, 2.75) is 19.0 Å². The predicted molar refractivity (Wildman–Crippen MR) is 117 cm³/mol. The molecular weight excluding hydrogens is 390 g/mol. The summed E-state index contributed by atoms with van der Waals surface area (Å²) in [5.74, 6) is 0.0480. The Balaban J connectivity index is 1.70. The van der Waals surface area contributed by atoms with Gasteiger partial charge < -0.3 is 15.2 Å². The van der Waals surface area contributed by atoms with Gasteiger partial charge in [-0.05, 0) is 48.4 Å². The van der Waals surface area contributed by atoms with Crippen LogP contribution in [0.15, 0.2) is 84.0 Å². The second-order valence-corrected chi connectivity index (χ2v) is 7.39. The Morgan fingerprint density at radius 3 is 2.35 bits per heavy atom. The highest BCUT2D eigenvalue weighted by molar-refractivity contribution is 5.97. The fourth-order valence-electron chi connectivity index (χ4n) is 3.54. The lowest BCUT2D eigenvalue weighted by molar-refractivity contribution is -0.565. The SMILES string of the molecule is COc1ccc(/C=[N+]2\N=C([O-])[C@H](NC(=O)c3ccccc3)[C@H]2c2ccc(C)cc2)cc1. The molecule has 1 N–H and O–H groups in total. The normalized spacial score (nSPS) is 19.2. The van der Waals surface area contributed by atoms with E-state index in [1.165, 1.54) is 0 Å². The Labute approximate surface area is 181 Å². The van der Waals surface area contributed by atoms with E-state index in [-0.39, 0.29) is 11.8 Å². The zero-order chi connectivity index (χ0) is 21.8. The van der Waals surface area contributed by atoms with Gasteiger partial charge in [0.2, 0.25) is 12.3 Å². The van der Waals surface area contributed by atoms with E-state index >= 15 is 0 Å². The largest absolute Gasteiger partial charge is 0.856 e. The zero-order valence-corrected chi connectivity index (χ0v) is 17.4. The van der Waals surface area contributed by atoms with Crippen LogP contribution in [0, 0.1) is 6.92 Å². The molecule has 6 nitrogen and oxygen atoms in total. The molecule has 2 atom stereocenters. The van der Waals surface area contributed by atoms with Crippen molar-refractivity contribution in [1.29, 1.82) is 0 Å². The molecule has 0 aliphatic carbocycles. The molecule has 1 amide bonds. The molecule has 1 aliphatic rings. The van der Waals surface area contributed by atoms with Crippen LogP contribution >= 0.6 is 0 Å². The molecule has 0 saturated heterocycles. The van der Waals surface area contributed by atoms with Crippen LogP contribution < -0.4 is 15.2 Å². The number of carbonyl (C=O) groups is 1. The van der Waals surface area contributed by atoms with Crippen LogP contribution in [0.1, 0.15) is 33.1 Å². The van der Waals surface area contributed by atoms with Gasteiger partial charge in [-0.15, -0.1) is 0 Å². The summed E-state index contributed by atoms with van der Waals surface area (Å²) in [6.07, 6.45) is 1.80. The molecule has 0 unspecified atom stereocenters. The number of hydrazone groups is 1. The van der Waals surface area contributed by atoms with Crippen LogP contribution in [0.3, 0.4) is 0 Å². The first kappa shape index (κ1) is 20.3. The number of rotatable bonds is 5. The summed E-state index contributed by atoms with van der Waals surface area (Å²) >= 11 is 0. The van der Waals surface area contributed by atoms with Crippen LogP contribution in [-0.2, 0) is 0 Å². The maximum Gasteiger partial charge on any atom is 0.252 e. The van der Waals surface area contributed by atoms with Gasteiger partial charge in [-0.1, -0.05) is 52.7 Å². The highest BCUT2D eigenvalue weighted by Crippen LogP contribution is 2.27. The summed E-state index contributed by atoms with van der Waals surface area (Å²) in [5, 5.41) is 19.9. The summed E-state index contributed by atoms with van der Waals surface area (Å²) < 4.78 is 6.84. The van der Waals surface area contributed by atoms with Crippen molar-refractivity contribution in [2.24, 2.45) is 5.10 Å². The highest BCUT2D eigenvalue weighted by atomic mass is 16.5. The Morgan fingerprint density at radius 2 is 1.71 bits per heavy atom. The standard InChI is InChI=1S/C25H23N3O3/c1-17-8-12-19(13-9-17)23-22(26-24(29)20-6-4-3-5-7-20)25(30)27-28(23)16-18-10-14-21(31-2)15-11-18/h3-16,22-23H,1-2H3,(H-,26,27,29,30)/b28-16-/t22-,23-/m1/s1. The van der Waals surface area contributed by atoms with Gasteiger partial charge in [0.15, 0.2) is 0 Å². The van der Waals surface area contributed by atoms with Gasteiger partial charge in [0.05, 0.1) is 13.0 Å². The van der Waals surface area contributed by atoms with Crippen molar-refractivity contribution < 1.29 is 19.3 Å². The minimum Gasteiger partial charge on any atom is -0.856 e. The van der Waals surface area contributed by atoms with E-state index in [4.69, 9.17) is 4.74 Å². The van der Waals surface area contributed by atoms with E-state index in [1.54, 1.807) is 42.3 Å². The van der Waals surface area contributed by atoms with E-state index in [1.807, 2.05) is 61.5 Å². The number of carbonyl (C=O) groups excluding carboxylic acids is 1. The number of nitrogens with zero attached hydrogens (tertiary/aromatic N) is 2. The van der Waals surface area contributed by atoms with E-state index in [0.717, 1.165) is 22.4 Å². The van der Waals surface area contributed by atoms with Crippen LogP contribution in [0.5, 0.6) is 5.75 Å². The van der Waals surface area contributed by atoms with Crippen molar-refractivity contribution in [1.82, 2.24) is 5.32 Å². The van der Waals surface area contributed by atoms with E-state index in [2.05, 4.69) is 10.4 Å². The number of ether oxygens (including phenoxy) is 1. The molecule has 0 bridgehead atoms. The van der Waals surface area contributed by atoms with Crippen molar-refractivity contribution in [3.8, 4) is 5.75 Å². The second kappa shape index (κ2) is 8.83. The molecule has 4 rings (SSSR count). The number of aryl methyl sites for hydroxylation is 1. The van der Waals surface area contributed by atoms with Gasteiger partial charge >= 0.3 is 0 Å². The molecule has 0 aromatic heterocycles. The molecule has 0 radical (unpaired) electrons. The average molecular weight is 413 g/mol. The minimum absolute atomic E-state index is 0.308. The number of hydrogen-bond donors (Lipinski definition) is 1. The molecule has 1 heterocycles. The van der Waals surface area contributed by atoms with Gasteiger partial charge in [0.1, 0.15) is 11.8 Å². The Hall–Kier alpha value is -3.93. The van der Waals surface area contributed by atoms with E-state index in [0.29, 0.717) is 5.56 Å². The second-order valence-electron chi connectivity index (χ2n) is 7.39. The van der Waals surface area contributed by atoms with Crippen LogP contribution in [0.4, 0.5) is 0 Å². The number of hydrogen-bond acceptors (Lipinski definition) is 4. The summed E-state index contributed by atoms with van der Waals surface area (Å²) in [4.78, 5) is 12.8. The predicted octanol–water partition coefficient (Wildman–Crippen LogP) is 2.66. The quantitative estimate of drug-likeness (QED) is 0.654. The van der Waals surface area contributed by atoms with Crippen molar-refractivity contribution in [2.75, 3.05) is 7.11 Å². The molecule has 3 aromatic carbocycles. The lowest BCUT2D eigenvalue weighted by atomic mass is 9.98. The fraction of sp³-hybridized carbons (Fsp3) is 0.160. The van der Waals surface area contributed by atoms with Crippen LogP contribution in [-0.4, -0.2) is 35.9 Å². The van der Waals surface area contributed by atoms with Gasteiger partial charge in [-0.3, -0.25) is 4.79 Å². The van der Waals surface area contributed by atoms with Gasteiger partial charge in [-0.2, -0.15) is 0 Å². The number of benzene rings is 3. The number of nitrogens with one attached hydrogen (secondary N) is 1. The minimum atomic E-state index is -0.801. The molecule has 0 fully saturated rings. The molecule has 156 valence electrons. The molecule has 31 heavy (non-hydrogen) atoms. The van der Waals surface area contributed by atoms with Crippen LogP contribution in [0.25, 0.3) is 0 Å². The first-order valence-electron chi connectivity index (χ1n) is 10.0. The van der Waals surface area contributed by atoms with Crippen molar-refractivity contribution in [3.05, 3.63) is 101 Å². The van der Waals surface area contributed by atoms with E-state index in [9.17, 15) is 9.90 Å². The van der Waals surface area contributed by atoms with Gasteiger partial charge in [0, 0.05) is 16.7 Å². The smallest absolute Gasteiger partial charge is 0.252 e. The van der Waals surface area contributed by atoms with Crippen molar-refractivity contribution in [3.63, 3.8) is 0 Å². The molecule has 0 spiro atoms. The molecule has 0 saturated carbocycles. The van der Waals surface area contributed by atoms with E-state index < -0.39 is 12.1 Å². The average Bonchev–Trinajstić information content (AvgIpc) is 3.10. The number of amides is 1. The molecule has 1 aliphatic heterocycles. The Bertz CT molecular complexity index is 1120. The summed E-state index contributed by atoms with van der Waals surface area (Å²) in [6, 6.07) is 23.0. The third-order valence-electron chi connectivity index (χ3n) is 5.22. The Morgan fingerprint density at radius 1 is 1.03 bits per heavy atom. The lowest BCUT2D eigenvalue weighted by Crippen LogP contribution is -2.47. The monoisotopic (exact) mass is 413 g/mol.